The molecule has 1 aromatic carbocycles. The highest BCUT2D eigenvalue weighted by Crippen LogP contribution is 2.31. The second-order valence-electron chi connectivity index (χ2n) is 5.83. The minimum absolute atomic E-state index is 0.231. The maximum atomic E-state index is 3.40. The standard InChI is InChI=1S/C16H23NS/c1-5-17-9-8-12-11-18-15-7-6-13(10-14(12)15)16(2,3)4/h6-7,10-11,17H,5,8-9H2,1-4H3. The van der Waals surface area contributed by atoms with E-state index in [-0.39, 0.29) is 5.41 Å². The van der Waals surface area contributed by atoms with Gasteiger partial charge in [0, 0.05) is 4.70 Å². The molecule has 2 heteroatoms. The third-order valence-electron chi connectivity index (χ3n) is 3.34. The van der Waals surface area contributed by atoms with Crippen LogP contribution in [-0.2, 0) is 11.8 Å². The van der Waals surface area contributed by atoms with Crippen molar-refractivity contribution in [3.63, 3.8) is 0 Å². The van der Waals surface area contributed by atoms with Crippen LogP contribution in [-0.4, -0.2) is 13.1 Å². The Labute approximate surface area is 114 Å². The topological polar surface area (TPSA) is 12.0 Å². The molecule has 1 heterocycles. The highest BCUT2D eigenvalue weighted by atomic mass is 32.1. The van der Waals surface area contributed by atoms with E-state index in [0.29, 0.717) is 0 Å². The molecule has 0 aliphatic rings. The molecule has 0 atom stereocenters. The van der Waals surface area contributed by atoms with Crippen molar-refractivity contribution >= 4 is 21.4 Å². The summed E-state index contributed by atoms with van der Waals surface area (Å²) >= 11 is 1.86. The minimum Gasteiger partial charge on any atom is -0.317 e. The van der Waals surface area contributed by atoms with E-state index in [2.05, 4.69) is 56.6 Å². The van der Waals surface area contributed by atoms with Gasteiger partial charge >= 0.3 is 0 Å². The van der Waals surface area contributed by atoms with Gasteiger partial charge in [0.25, 0.3) is 0 Å². The van der Waals surface area contributed by atoms with Crippen molar-refractivity contribution in [1.82, 2.24) is 5.32 Å². The fraction of sp³-hybridized carbons (Fsp3) is 0.500. The Balaban J connectivity index is 2.31. The second-order valence-corrected chi connectivity index (χ2v) is 6.74. The normalized spacial score (nSPS) is 12.2. The zero-order valence-corrected chi connectivity index (χ0v) is 12.7. The van der Waals surface area contributed by atoms with Crippen molar-refractivity contribution in [2.45, 2.75) is 39.5 Å². The van der Waals surface area contributed by atoms with Crippen LogP contribution in [0, 0.1) is 0 Å². The molecule has 0 spiro atoms. The van der Waals surface area contributed by atoms with Crippen LogP contribution in [0.3, 0.4) is 0 Å². The molecule has 0 saturated heterocycles. The zero-order valence-electron chi connectivity index (χ0n) is 11.8. The van der Waals surface area contributed by atoms with Gasteiger partial charge in [-0.15, -0.1) is 11.3 Å². The van der Waals surface area contributed by atoms with E-state index in [4.69, 9.17) is 0 Å². The molecular formula is C16H23NS. The van der Waals surface area contributed by atoms with Gasteiger partial charge in [-0.05, 0) is 59.0 Å². The molecule has 0 unspecified atom stereocenters. The van der Waals surface area contributed by atoms with Crippen molar-refractivity contribution in [3.8, 4) is 0 Å². The SMILES string of the molecule is CCNCCc1csc2ccc(C(C)(C)C)cc12. The van der Waals surface area contributed by atoms with Gasteiger partial charge in [-0.1, -0.05) is 33.8 Å². The summed E-state index contributed by atoms with van der Waals surface area (Å²) in [7, 11) is 0. The van der Waals surface area contributed by atoms with Crippen LogP contribution < -0.4 is 5.32 Å². The van der Waals surface area contributed by atoms with E-state index >= 15 is 0 Å². The first-order valence-corrected chi connectivity index (χ1v) is 7.61. The quantitative estimate of drug-likeness (QED) is 0.807. The van der Waals surface area contributed by atoms with E-state index in [1.54, 1.807) is 0 Å². The Kier molecular flexibility index (Phi) is 4.08. The summed E-state index contributed by atoms with van der Waals surface area (Å²) in [5.74, 6) is 0. The monoisotopic (exact) mass is 261 g/mol. The second kappa shape index (κ2) is 5.41. The first-order chi connectivity index (χ1) is 8.52. The molecule has 0 radical (unpaired) electrons. The Morgan fingerprint density at radius 3 is 2.67 bits per heavy atom. The third kappa shape index (κ3) is 2.93. The maximum absolute atomic E-state index is 3.40. The Hall–Kier alpha value is -0.860. The van der Waals surface area contributed by atoms with Crippen LogP contribution in [0.1, 0.15) is 38.8 Å². The summed E-state index contributed by atoms with van der Waals surface area (Å²) in [6.45, 7) is 11.1. The number of rotatable bonds is 4. The number of thiophene rings is 1. The van der Waals surface area contributed by atoms with Crippen LogP contribution >= 0.6 is 11.3 Å². The van der Waals surface area contributed by atoms with Gasteiger partial charge in [-0.3, -0.25) is 0 Å². The van der Waals surface area contributed by atoms with Gasteiger partial charge in [-0.25, -0.2) is 0 Å². The van der Waals surface area contributed by atoms with Crippen molar-refractivity contribution < 1.29 is 0 Å². The number of fused-ring (bicyclic) bond motifs is 1. The molecule has 0 aliphatic carbocycles. The molecule has 0 aliphatic heterocycles. The molecule has 1 N–H and O–H groups in total. The fourth-order valence-electron chi connectivity index (χ4n) is 2.14. The van der Waals surface area contributed by atoms with Crippen LogP contribution in [0.2, 0.25) is 0 Å². The van der Waals surface area contributed by atoms with E-state index in [0.717, 1.165) is 19.5 Å². The average Bonchev–Trinajstić information content (AvgIpc) is 2.71. The summed E-state index contributed by atoms with van der Waals surface area (Å²) in [5, 5.41) is 7.16. The third-order valence-corrected chi connectivity index (χ3v) is 4.35. The smallest absolute Gasteiger partial charge is 0.0345 e. The van der Waals surface area contributed by atoms with Crippen molar-refractivity contribution in [2.75, 3.05) is 13.1 Å². The fourth-order valence-corrected chi connectivity index (χ4v) is 3.12. The summed E-state index contributed by atoms with van der Waals surface area (Å²) in [6.07, 6.45) is 1.13. The molecule has 2 rings (SSSR count). The van der Waals surface area contributed by atoms with Crippen molar-refractivity contribution in [2.24, 2.45) is 0 Å². The highest BCUT2D eigenvalue weighted by Gasteiger charge is 2.15. The number of hydrogen-bond acceptors (Lipinski definition) is 2. The highest BCUT2D eigenvalue weighted by molar-refractivity contribution is 7.17. The maximum Gasteiger partial charge on any atom is 0.0345 e. The number of likely N-dealkylation sites (N-methyl/N-ethyl adjacent to an activating group) is 1. The Bertz CT molecular complexity index is 519. The molecule has 2 aromatic rings. The van der Waals surface area contributed by atoms with Crippen LogP contribution in [0.15, 0.2) is 23.6 Å². The van der Waals surface area contributed by atoms with Gasteiger partial charge < -0.3 is 5.32 Å². The summed E-state index contributed by atoms with van der Waals surface area (Å²) in [4.78, 5) is 0. The molecule has 0 amide bonds. The molecule has 0 saturated carbocycles. The largest absolute Gasteiger partial charge is 0.317 e. The number of hydrogen-bond donors (Lipinski definition) is 1. The van der Waals surface area contributed by atoms with Crippen LogP contribution in [0.25, 0.3) is 10.1 Å². The van der Waals surface area contributed by atoms with Gasteiger partial charge in [-0.2, -0.15) is 0 Å². The van der Waals surface area contributed by atoms with Crippen LogP contribution in [0.4, 0.5) is 0 Å². The van der Waals surface area contributed by atoms with Crippen molar-refractivity contribution in [1.29, 1.82) is 0 Å². The lowest BCUT2D eigenvalue weighted by Gasteiger charge is -2.19. The first-order valence-electron chi connectivity index (χ1n) is 6.73. The average molecular weight is 261 g/mol. The van der Waals surface area contributed by atoms with Gasteiger partial charge in [0.05, 0.1) is 0 Å². The molecule has 0 fully saturated rings. The van der Waals surface area contributed by atoms with Gasteiger partial charge in [0.15, 0.2) is 0 Å². The number of benzene rings is 1. The number of nitrogens with one attached hydrogen (secondary N) is 1. The molecule has 0 bridgehead atoms. The van der Waals surface area contributed by atoms with E-state index in [1.807, 2.05) is 11.3 Å². The molecular weight excluding hydrogens is 238 g/mol. The van der Waals surface area contributed by atoms with Crippen LogP contribution in [0.5, 0.6) is 0 Å². The van der Waals surface area contributed by atoms with E-state index < -0.39 is 0 Å². The minimum atomic E-state index is 0.231. The Morgan fingerprint density at radius 2 is 2.00 bits per heavy atom. The van der Waals surface area contributed by atoms with Gasteiger partial charge in [0.2, 0.25) is 0 Å². The molecule has 1 aromatic heterocycles. The first kappa shape index (κ1) is 13.6. The summed E-state index contributed by atoms with van der Waals surface area (Å²) in [5.41, 5.74) is 3.15. The van der Waals surface area contributed by atoms with E-state index in [1.165, 1.54) is 21.2 Å². The zero-order chi connectivity index (χ0) is 13.2. The Morgan fingerprint density at radius 1 is 1.22 bits per heavy atom. The lowest BCUT2D eigenvalue weighted by atomic mass is 9.86. The van der Waals surface area contributed by atoms with E-state index in [9.17, 15) is 0 Å². The predicted molar refractivity (Wildman–Crippen MR) is 82.8 cm³/mol. The summed E-state index contributed by atoms with van der Waals surface area (Å²) in [6, 6.07) is 6.93. The van der Waals surface area contributed by atoms with Crippen molar-refractivity contribution in [3.05, 3.63) is 34.7 Å². The molecule has 98 valence electrons. The van der Waals surface area contributed by atoms with Gasteiger partial charge in [0.1, 0.15) is 0 Å². The lowest BCUT2D eigenvalue weighted by Crippen LogP contribution is -2.16. The lowest BCUT2D eigenvalue weighted by molar-refractivity contribution is 0.591. The molecule has 1 nitrogen and oxygen atoms in total. The molecule has 18 heavy (non-hydrogen) atoms. The summed E-state index contributed by atoms with van der Waals surface area (Å²) < 4.78 is 1.41. The predicted octanol–water partition coefficient (Wildman–Crippen LogP) is 4.35.